The number of carbonyl (C=O) groups is 1. The fraction of sp³-hybridized carbons (Fsp3) is 0.500. The number of rotatable bonds is 6. The first-order valence-electron chi connectivity index (χ1n) is 5.69. The third-order valence-electron chi connectivity index (χ3n) is 2.67. The van der Waals surface area contributed by atoms with Gasteiger partial charge in [0.2, 0.25) is 0 Å². The minimum atomic E-state index is -1.00. The SMILES string of the molecule is Cc1ccc(C(=O)O)c(NCCC(C)S(C)=O)n1. The number of hydrogen-bond acceptors (Lipinski definition) is 4. The summed E-state index contributed by atoms with van der Waals surface area (Å²) in [6, 6.07) is 3.20. The van der Waals surface area contributed by atoms with Crippen molar-refractivity contribution in [3.8, 4) is 0 Å². The molecule has 0 bridgehead atoms. The highest BCUT2D eigenvalue weighted by Crippen LogP contribution is 2.13. The molecule has 0 saturated heterocycles. The molecule has 0 aromatic carbocycles. The van der Waals surface area contributed by atoms with Crippen molar-refractivity contribution in [3.63, 3.8) is 0 Å². The largest absolute Gasteiger partial charge is 0.478 e. The van der Waals surface area contributed by atoms with Crippen molar-refractivity contribution in [2.75, 3.05) is 18.1 Å². The number of anilines is 1. The second-order valence-corrected chi connectivity index (χ2v) is 5.98. The van der Waals surface area contributed by atoms with E-state index in [1.54, 1.807) is 19.2 Å². The van der Waals surface area contributed by atoms with E-state index in [1.165, 1.54) is 6.07 Å². The lowest BCUT2D eigenvalue weighted by Crippen LogP contribution is -2.17. The van der Waals surface area contributed by atoms with Gasteiger partial charge in [0, 0.05) is 34.5 Å². The van der Waals surface area contributed by atoms with Crippen molar-refractivity contribution < 1.29 is 14.1 Å². The quantitative estimate of drug-likeness (QED) is 0.821. The van der Waals surface area contributed by atoms with Gasteiger partial charge in [0.05, 0.1) is 0 Å². The number of carboxylic acids is 1. The summed E-state index contributed by atoms with van der Waals surface area (Å²) in [7, 11) is -0.863. The monoisotopic (exact) mass is 270 g/mol. The summed E-state index contributed by atoms with van der Waals surface area (Å²) in [6.45, 7) is 4.26. The number of pyridine rings is 1. The van der Waals surface area contributed by atoms with Crippen molar-refractivity contribution in [3.05, 3.63) is 23.4 Å². The highest BCUT2D eigenvalue weighted by Gasteiger charge is 2.12. The Kier molecular flexibility index (Phi) is 5.27. The molecule has 18 heavy (non-hydrogen) atoms. The third kappa shape index (κ3) is 4.10. The molecule has 1 aromatic rings. The summed E-state index contributed by atoms with van der Waals surface area (Å²) < 4.78 is 11.2. The molecule has 1 rings (SSSR count). The van der Waals surface area contributed by atoms with Crippen LogP contribution in [0.25, 0.3) is 0 Å². The van der Waals surface area contributed by atoms with Crippen molar-refractivity contribution >= 4 is 22.6 Å². The van der Waals surface area contributed by atoms with Gasteiger partial charge < -0.3 is 10.4 Å². The van der Waals surface area contributed by atoms with E-state index in [4.69, 9.17) is 5.11 Å². The van der Waals surface area contributed by atoms with Crippen LogP contribution in [0.5, 0.6) is 0 Å². The van der Waals surface area contributed by atoms with Crippen LogP contribution in [0, 0.1) is 6.92 Å². The van der Waals surface area contributed by atoms with Gasteiger partial charge in [-0.1, -0.05) is 6.92 Å². The summed E-state index contributed by atoms with van der Waals surface area (Å²) in [6.07, 6.45) is 2.37. The fourth-order valence-corrected chi connectivity index (χ4v) is 1.87. The molecule has 1 aromatic heterocycles. The van der Waals surface area contributed by atoms with Gasteiger partial charge in [-0.2, -0.15) is 0 Å². The molecule has 2 N–H and O–H groups in total. The molecule has 5 nitrogen and oxygen atoms in total. The summed E-state index contributed by atoms with van der Waals surface area (Å²) >= 11 is 0. The van der Waals surface area contributed by atoms with Crippen LogP contribution in [0.1, 0.15) is 29.4 Å². The standard InChI is InChI=1S/C12H18N2O3S/c1-8-4-5-10(12(15)16)11(14-8)13-7-6-9(2)18(3)17/h4-5,9H,6-7H2,1-3H3,(H,13,14)(H,15,16). The first kappa shape index (κ1) is 14.6. The second kappa shape index (κ2) is 6.49. The van der Waals surface area contributed by atoms with Gasteiger partial charge in [-0.05, 0) is 25.5 Å². The van der Waals surface area contributed by atoms with Gasteiger partial charge in [0.15, 0.2) is 0 Å². The molecule has 2 unspecified atom stereocenters. The number of nitrogens with one attached hydrogen (secondary N) is 1. The van der Waals surface area contributed by atoms with Crippen LogP contribution >= 0.6 is 0 Å². The lowest BCUT2D eigenvalue weighted by Gasteiger charge is -2.11. The summed E-state index contributed by atoms with van der Waals surface area (Å²) in [4.78, 5) is 15.2. The Morgan fingerprint density at radius 3 is 2.78 bits per heavy atom. The average Bonchev–Trinajstić information content (AvgIpc) is 2.28. The smallest absolute Gasteiger partial charge is 0.339 e. The highest BCUT2D eigenvalue weighted by molar-refractivity contribution is 7.84. The fourth-order valence-electron chi connectivity index (χ4n) is 1.42. The van der Waals surface area contributed by atoms with Crippen LogP contribution in [0.3, 0.4) is 0 Å². The maximum absolute atomic E-state index is 11.2. The van der Waals surface area contributed by atoms with Crippen LogP contribution in [0.4, 0.5) is 5.82 Å². The molecule has 0 fully saturated rings. The molecule has 0 aliphatic heterocycles. The highest BCUT2D eigenvalue weighted by atomic mass is 32.2. The normalized spacial score (nSPS) is 13.9. The van der Waals surface area contributed by atoms with Crippen molar-refractivity contribution in [1.29, 1.82) is 0 Å². The molecule has 0 aliphatic rings. The molecule has 2 atom stereocenters. The van der Waals surface area contributed by atoms with E-state index in [-0.39, 0.29) is 10.8 Å². The Hall–Kier alpha value is -1.43. The van der Waals surface area contributed by atoms with Crippen molar-refractivity contribution in [2.24, 2.45) is 0 Å². The van der Waals surface area contributed by atoms with Gasteiger partial charge in [-0.3, -0.25) is 4.21 Å². The van der Waals surface area contributed by atoms with E-state index >= 15 is 0 Å². The first-order chi connectivity index (χ1) is 8.41. The predicted molar refractivity (Wildman–Crippen MR) is 72.6 cm³/mol. The van der Waals surface area contributed by atoms with E-state index in [0.717, 1.165) is 5.69 Å². The van der Waals surface area contributed by atoms with Gasteiger partial charge in [-0.25, -0.2) is 9.78 Å². The number of nitrogens with zero attached hydrogens (tertiary/aromatic N) is 1. The van der Waals surface area contributed by atoms with Crippen LogP contribution in [0.2, 0.25) is 0 Å². The van der Waals surface area contributed by atoms with Crippen LogP contribution in [-0.2, 0) is 10.8 Å². The molecule has 0 saturated carbocycles. The van der Waals surface area contributed by atoms with Crippen molar-refractivity contribution in [2.45, 2.75) is 25.5 Å². The molecule has 1 heterocycles. The molecular weight excluding hydrogens is 252 g/mol. The topological polar surface area (TPSA) is 79.3 Å². The van der Waals surface area contributed by atoms with Gasteiger partial charge in [0.25, 0.3) is 0 Å². The Labute approximate surface area is 109 Å². The van der Waals surface area contributed by atoms with Gasteiger partial charge in [-0.15, -0.1) is 0 Å². The Morgan fingerprint density at radius 1 is 1.56 bits per heavy atom. The summed E-state index contributed by atoms with van der Waals surface area (Å²) in [5, 5.41) is 12.1. The number of carboxylic acid groups (broad SMARTS) is 1. The number of aromatic nitrogens is 1. The first-order valence-corrected chi connectivity index (χ1v) is 7.31. The maximum atomic E-state index is 11.2. The van der Waals surface area contributed by atoms with E-state index < -0.39 is 16.8 Å². The Balaban J connectivity index is 2.69. The molecule has 6 heteroatoms. The third-order valence-corrected chi connectivity index (χ3v) is 4.04. The molecule has 0 aliphatic carbocycles. The van der Waals surface area contributed by atoms with Gasteiger partial charge >= 0.3 is 5.97 Å². The number of aromatic carboxylic acids is 1. The number of aryl methyl sites for hydroxylation is 1. The molecule has 0 radical (unpaired) electrons. The molecule has 0 spiro atoms. The van der Waals surface area contributed by atoms with E-state index in [0.29, 0.717) is 18.8 Å². The summed E-state index contributed by atoms with van der Waals surface area (Å²) in [5.74, 6) is -0.631. The minimum absolute atomic E-state index is 0.0792. The molecule has 100 valence electrons. The van der Waals surface area contributed by atoms with E-state index in [1.807, 2.05) is 6.92 Å². The zero-order valence-corrected chi connectivity index (χ0v) is 11.6. The Morgan fingerprint density at radius 2 is 2.22 bits per heavy atom. The van der Waals surface area contributed by atoms with E-state index in [2.05, 4.69) is 10.3 Å². The van der Waals surface area contributed by atoms with Crippen LogP contribution < -0.4 is 5.32 Å². The second-order valence-electron chi connectivity index (χ2n) is 4.18. The lowest BCUT2D eigenvalue weighted by molar-refractivity contribution is 0.0697. The van der Waals surface area contributed by atoms with E-state index in [9.17, 15) is 9.00 Å². The molecule has 0 amide bonds. The average molecular weight is 270 g/mol. The van der Waals surface area contributed by atoms with Crippen LogP contribution in [-0.4, -0.2) is 38.3 Å². The van der Waals surface area contributed by atoms with Crippen LogP contribution in [0.15, 0.2) is 12.1 Å². The summed E-state index contributed by atoms with van der Waals surface area (Å²) in [5.41, 5.74) is 0.917. The van der Waals surface area contributed by atoms with Gasteiger partial charge in [0.1, 0.15) is 11.4 Å². The Bertz CT molecular complexity index is 463. The predicted octanol–water partition coefficient (Wildman–Crippen LogP) is 1.66. The van der Waals surface area contributed by atoms with Crippen molar-refractivity contribution in [1.82, 2.24) is 4.98 Å². The lowest BCUT2D eigenvalue weighted by atomic mass is 10.2. The number of hydrogen-bond donors (Lipinski definition) is 2. The maximum Gasteiger partial charge on any atom is 0.339 e. The zero-order chi connectivity index (χ0) is 13.7. The minimum Gasteiger partial charge on any atom is -0.478 e. The molecular formula is C12H18N2O3S. The zero-order valence-electron chi connectivity index (χ0n) is 10.8.